The highest BCUT2D eigenvalue weighted by molar-refractivity contribution is 7.81. The maximum absolute atomic E-state index is 12.2. The van der Waals surface area contributed by atoms with Crippen molar-refractivity contribution < 1.29 is 13.2 Å². The van der Waals surface area contributed by atoms with E-state index >= 15 is 0 Å². The van der Waals surface area contributed by atoms with Gasteiger partial charge in [-0.25, -0.2) is 4.21 Å². The molecular formula is C23H25NO3S. The van der Waals surface area contributed by atoms with Crippen LogP contribution in [0.5, 0.6) is 0 Å². The first-order valence-electron chi connectivity index (χ1n) is 8.99. The molecule has 0 bridgehead atoms. The molecule has 4 nitrogen and oxygen atoms in total. The van der Waals surface area contributed by atoms with Gasteiger partial charge < -0.3 is 9.92 Å². The fraction of sp³-hybridized carbons (Fsp3) is 0.174. The Labute approximate surface area is 169 Å². The van der Waals surface area contributed by atoms with Crippen molar-refractivity contribution in [3.05, 3.63) is 108 Å². The van der Waals surface area contributed by atoms with E-state index in [-0.39, 0.29) is 6.04 Å². The molecule has 2 atom stereocenters. The summed E-state index contributed by atoms with van der Waals surface area (Å²) in [6.45, 7) is 3.24. The first-order chi connectivity index (χ1) is 13.5. The number of benzene rings is 3. The lowest BCUT2D eigenvalue weighted by Gasteiger charge is -2.16. The van der Waals surface area contributed by atoms with Gasteiger partial charge in [-0.15, -0.1) is 0 Å². The SMILES string of the molecule is CC(=O)OS(=O)C(c1ccccc1)c1ccccc1.CC(N)c1ccccc1. The molecule has 0 radical (unpaired) electrons. The van der Waals surface area contributed by atoms with Gasteiger partial charge in [-0.2, -0.15) is 0 Å². The average Bonchev–Trinajstić information content (AvgIpc) is 2.70. The van der Waals surface area contributed by atoms with E-state index in [1.165, 1.54) is 12.5 Å². The Balaban J connectivity index is 0.000000261. The van der Waals surface area contributed by atoms with Crippen molar-refractivity contribution in [2.45, 2.75) is 25.1 Å². The van der Waals surface area contributed by atoms with E-state index in [0.29, 0.717) is 0 Å². The van der Waals surface area contributed by atoms with Gasteiger partial charge in [-0.1, -0.05) is 91.0 Å². The summed E-state index contributed by atoms with van der Waals surface area (Å²) in [7, 11) is 0. The Hall–Kier alpha value is -2.76. The molecule has 0 amide bonds. The Morgan fingerprint density at radius 2 is 1.14 bits per heavy atom. The van der Waals surface area contributed by atoms with Crippen LogP contribution in [0.3, 0.4) is 0 Å². The van der Waals surface area contributed by atoms with Crippen molar-refractivity contribution in [1.82, 2.24) is 0 Å². The molecule has 146 valence electrons. The fourth-order valence-corrected chi connectivity index (χ4v) is 3.68. The van der Waals surface area contributed by atoms with Crippen molar-refractivity contribution in [2.24, 2.45) is 5.73 Å². The zero-order valence-corrected chi connectivity index (χ0v) is 16.8. The zero-order valence-electron chi connectivity index (χ0n) is 16.0. The molecule has 3 rings (SSSR count). The Kier molecular flexibility index (Phi) is 8.59. The highest BCUT2D eigenvalue weighted by atomic mass is 32.2. The summed E-state index contributed by atoms with van der Waals surface area (Å²) in [6.07, 6.45) is 0. The van der Waals surface area contributed by atoms with Crippen molar-refractivity contribution in [3.8, 4) is 0 Å². The molecule has 3 aromatic rings. The van der Waals surface area contributed by atoms with Gasteiger partial charge >= 0.3 is 5.97 Å². The summed E-state index contributed by atoms with van der Waals surface area (Å²) in [6, 6.07) is 29.0. The molecular weight excluding hydrogens is 370 g/mol. The molecule has 0 saturated heterocycles. The molecule has 0 heterocycles. The van der Waals surface area contributed by atoms with Crippen LogP contribution in [0.25, 0.3) is 0 Å². The Bertz CT molecular complexity index is 829. The summed E-state index contributed by atoms with van der Waals surface area (Å²) in [5.74, 6) is -0.546. The minimum Gasteiger partial charge on any atom is -0.364 e. The maximum atomic E-state index is 12.2. The summed E-state index contributed by atoms with van der Waals surface area (Å²) in [4.78, 5) is 11.0. The van der Waals surface area contributed by atoms with Gasteiger partial charge in [0.2, 0.25) is 11.1 Å². The topological polar surface area (TPSA) is 69.4 Å². The van der Waals surface area contributed by atoms with E-state index in [4.69, 9.17) is 9.92 Å². The molecule has 0 spiro atoms. The van der Waals surface area contributed by atoms with Crippen LogP contribution in [0, 0.1) is 0 Å². The van der Waals surface area contributed by atoms with E-state index in [1.54, 1.807) is 0 Å². The van der Waals surface area contributed by atoms with E-state index in [2.05, 4.69) is 0 Å². The standard InChI is InChI=1S/C15H14O3S.C8H11N/c1-12(16)18-19(17)15(13-8-4-2-5-9-13)14-10-6-3-7-11-14;1-7(9)8-5-3-2-4-6-8/h2-11,15H,1H3;2-7H,9H2,1H3. The van der Waals surface area contributed by atoms with Crippen LogP contribution in [0.4, 0.5) is 0 Å². The largest absolute Gasteiger partial charge is 0.364 e. The van der Waals surface area contributed by atoms with Crippen LogP contribution in [-0.2, 0) is 20.1 Å². The van der Waals surface area contributed by atoms with Crippen molar-refractivity contribution in [1.29, 1.82) is 0 Å². The van der Waals surface area contributed by atoms with E-state index in [1.807, 2.05) is 97.9 Å². The number of hydrogen-bond donors (Lipinski definition) is 1. The van der Waals surface area contributed by atoms with E-state index in [9.17, 15) is 9.00 Å². The molecule has 2 unspecified atom stereocenters. The molecule has 0 aliphatic rings. The molecule has 0 aromatic heterocycles. The van der Waals surface area contributed by atoms with Crippen LogP contribution in [0.1, 0.15) is 41.8 Å². The van der Waals surface area contributed by atoms with Gasteiger partial charge in [0.1, 0.15) is 5.25 Å². The van der Waals surface area contributed by atoms with Crippen LogP contribution in [0.15, 0.2) is 91.0 Å². The van der Waals surface area contributed by atoms with Crippen molar-refractivity contribution in [2.75, 3.05) is 0 Å². The molecule has 3 aromatic carbocycles. The third-order valence-electron chi connectivity index (χ3n) is 3.92. The quantitative estimate of drug-likeness (QED) is 0.679. The average molecular weight is 396 g/mol. The lowest BCUT2D eigenvalue weighted by atomic mass is 10.0. The van der Waals surface area contributed by atoms with Gasteiger partial charge in [0.05, 0.1) is 0 Å². The van der Waals surface area contributed by atoms with Gasteiger partial charge in [0, 0.05) is 13.0 Å². The smallest absolute Gasteiger partial charge is 0.316 e. The van der Waals surface area contributed by atoms with Gasteiger partial charge in [-0.05, 0) is 23.6 Å². The molecule has 28 heavy (non-hydrogen) atoms. The predicted octanol–water partition coefficient (Wildman–Crippen LogP) is 4.71. The Morgan fingerprint density at radius 3 is 1.43 bits per heavy atom. The van der Waals surface area contributed by atoms with Crippen LogP contribution in [-0.4, -0.2) is 10.2 Å². The second kappa shape index (κ2) is 11.2. The van der Waals surface area contributed by atoms with Crippen LogP contribution in [0.2, 0.25) is 0 Å². The van der Waals surface area contributed by atoms with E-state index in [0.717, 1.165) is 11.1 Å². The fourth-order valence-electron chi connectivity index (χ4n) is 2.59. The lowest BCUT2D eigenvalue weighted by molar-refractivity contribution is -0.131. The molecule has 0 aliphatic carbocycles. The van der Waals surface area contributed by atoms with Gasteiger partial charge in [-0.3, -0.25) is 4.79 Å². The molecule has 2 N–H and O–H groups in total. The third-order valence-corrected chi connectivity index (χ3v) is 5.25. The minimum atomic E-state index is -1.74. The summed E-state index contributed by atoms with van der Waals surface area (Å²) in [5, 5.41) is -0.466. The third kappa shape index (κ3) is 6.76. The molecule has 0 aliphatic heterocycles. The van der Waals surface area contributed by atoms with Crippen molar-refractivity contribution in [3.63, 3.8) is 0 Å². The number of carbonyl (C=O) groups excluding carboxylic acids is 1. The van der Waals surface area contributed by atoms with E-state index < -0.39 is 22.3 Å². The number of rotatable bonds is 5. The normalized spacial score (nSPS) is 12.4. The number of carbonyl (C=O) groups is 1. The second-order valence-electron chi connectivity index (χ2n) is 6.24. The summed E-state index contributed by atoms with van der Waals surface area (Å²) >= 11 is -1.74. The predicted molar refractivity (Wildman–Crippen MR) is 114 cm³/mol. The lowest BCUT2D eigenvalue weighted by Crippen LogP contribution is -2.13. The van der Waals surface area contributed by atoms with Crippen molar-refractivity contribution >= 4 is 17.0 Å². The van der Waals surface area contributed by atoms with Gasteiger partial charge in [0.15, 0.2) is 0 Å². The van der Waals surface area contributed by atoms with Gasteiger partial charge in [0.25, 0.3) is 0 Å². The monoisotopic (exact) mass is 395 g/mol. The molecule has 5 heteroatoms. The highest BCUT2D eigenvalue weighted by Gasteiger charge is 2.23. The maximum Gasteiger partial charge on any atom is 0.316 e. The molecule has 0 fully saturated rings. The highest BCUT2D eigenvalue weighted by Crippen LogP contribution is 2.28. The number of nitrogens with two attached hydrogens (primary N) is 1. The Morgan fingerprint density at radius 1 is 0.786 bits per heavy atom. The first kappa shape index (κ1) is 21.5. The second-order valence-corrected chi connectivity index (χ2v) is 7.40. The summed E-state index contributed by atoms with van der Waals surface area (Å²) < 4.78 is 17.1. The molecule has 0 saturated carbocycles. The van der Waals surface area contributed by atoms with Crippen LogP contribution < -0.4 is 5.73 Å². The minimum absolute atomic E-state index is 0.159. The first-order valence-corrected chi connectivity index (χ1v) is 10.1. The number of hydrogen-bond acceptors (Lipinski definition) is 4. The zero-order chi connectivity index (χ0) is 20.4. The summed E-state index contributed by atoms with van der Waals surface area (Å²) in [5.41, 5.74) is 8.52. The van der Waals surface area contributed by atoms with Crippen LogP contribution >= 0.6 is 0 Å².